The lowest BCUT2D eigenvalue weighted by Crippen LogP contribution is -2.15. The predicted molar refractivity (Wildman–Crippen MR) is 122 cm³/mol. The van der Waals surface area contributed by atoms with Crippen molar-refractivity contribution < 1.29 is 4.74 Å². The number of allylic oxidation sites excluding steroid dienone is 2. The van der Waals surface area contributed by atoms with E-state index in [1.54, 1.807) is 11.3 Å². The first-order valence-corrected chi connectivity index (χ1v) is 11.0. The molecule has 1 aliphatic carbocycles. The van der Waals surface area contributed by atoms with Crippen LogP contribution in [0.3, 0.4) is 0 Å². The first kappa shape index (κ1) is 17.5. The fourth-order valence-electron chi connectivity index (χ4n) is 4.24. The highest BCUT2D eigenvalue weighted by Crippen LogP contribution is 2.42. The number of hydrogen-bond donors (Lipinski definition) is 0. The monoisotopic (exact) mass is 408 g/mol. The Balaban J connectivity index is 1.50. The van der Waals surface area contributed by atoms with Crippen molar-refractivity contribution in [3.63, 3.8) is 0 Å². The number of rotatable bonds is 3. The van der Waals surface area contributed by atoms with Crippen LogP contribution >= 0.6 is 11.3 Å². The molecule has 2 aliphatic rings. The molecule has 146 valence electrons. The van der Waals surface area contributed by atoms with E-state index in [2.05, 4.69) is 96.6 Å². The second-order valence-corrected chi connectivity index (χ2v) is 8.98. The van der Waals surface area contributed by atoms with Gasteiger partial charge < -0.3 is 4.74 Å². The lowest BCUT2D eigenvalue weighted by atomic mass is 9.92. The Bertz CT molecular complexity index is 1300. The fourth-order valence-corrected chi connectivity index (χ4v) is 5.06. The van der Waals surface area contributed by atoms with E-state index >= 15 is 0 Å². The van der Waals surface area contributed by atoms with Gasteiger partial charge in [0.05, 0.1) is 10.6 Å². The second-order valence-electron chi connectivity index (χ2n) is 7.70. The van der Waals surface area contributed by atoms with E-state index in [1.807, 2.05) is 6.07 Å². The maximum atomic E-state index is 6.13. The summed E-state index contributed by atoms with van der Waals surface area (Å²) in [5.41, 5.74) is 4.44. The minimum absolute atomic E-state index is 0.0984. The van der Waals surface area contributed by atoms with Crippen LogP contribution in [0.5, 0.6) is 5.75 Å². The number of imidazole rings is 1. The van der Waals surface area contributed by atoms with Crippen molar-refractivity contribution in [2.75, 3.05) is 0 Å². The molecule has 0 amide bonds. The van der Waals surface area contributed by atoms with Crippen molar-refractivity contribution in [2.24, 2.45) is 0 Å². The SMILES string of the molecule is Cc1ccc(-c2cn(-c3ccc4c(c3)C3C=CC=CC3O4)c(-c3ccccc3)n2)s1. The number of nitrogens with zero attached hydrogens (tertiary/aromatic N) is 2. The quantitative estimate of drug-likeness (QED) is 0.384. The number of benzene rings is 2. The number of ether oxygens (including phenoxy) is 1. The number of aryl methyl sites for hydroxylation is 1. The van der Waals surface area contributed by atoms with E-state index in [0.29, 0.717) is 0 Å². The van der Waals surface area contributed by atoms with Crippen LogP contribution in [0.15, 0.2) is 91.2 Å². The van der Waals surface area contributed by atoms with E-state index < -0.39 is 0 Å². The second kappa shape index (κ2) is 6.85. The van der Waals surface area contributed by atoms with Gasteiger partial charge in [-0.2, -0.15) is 0 Å². The van der Waals surface area contributed by atoms with E-state index in [4.69, 9.17) is 9.72 Å². The van der Waals surface area contributed by atoms with Gasteiger partial charge in [0.15, 0.2) is 0 Å². The smallest absolute Gasteiger partial charge is 0.145 e. The summed E-state index contributed by atoms with van der Waals surface area (Å²) in [6.07, 6.45) is 10.8. The molecule has 1 aliphatic heterocycles. The Morgan fingerprint density at radius 1 is 0.967 bits per heavy atom. The van der Waals surface area contributed by atoms with E-state index in [9.17, 15) is 0 Å². The summed E-state index contributed by atoms with van der Waals surface area (Å²) in [5, 5.41) is 0. The van der Waals surface area contributed by atoms with Gasteiger partial charge in [0.1, 0.15) is 17.7 Å². The van der Waals surface area contributed by atoms with E-state index in [1.165, 1.54) is 15.3 Å². The highest BCUT2D eigenvalue weighted by molar-refractivity contribution is 7.15. The summed E-state index contributed by atoms with van der Waals surface area (Å²) < 4.78 is 8.34. The van der Waals surface area contributed by atoms with Crippen molar-refractivity contribution in [1.82, 2.24) is 9.55 Å². The molecule has 4 heteroatoms. The average Bonchev–Trinajstić information content (AvgIpc) is 3.50. The third-order valence-corrected chi connectivity index (χ3v) is 6.73. The molecule has 6 rings (SSSR count). The Morgan fingerprint density at radius 3 is 2.67 bits per heavy atom. The number of thiophene rings is 1. The largest absolute Gasteiger partial charge is 0.485 e. The van der Waals surface area contributed by atoms with Gasteiger partial charge in [-0.05, 0) is 43.3 Å². The summed E-state index contributed by atoms with van der Waals surface area (Å²) in [5.74, 6) is 2.19. The number of hydrogen-bond acceptors (Lipinski definition) is 3. The van der Waals surface area contributed by atoms with Gasteiger partial charge in [0.25, 0.3) is 0 Å². The maximum absolute atomic E-state index is 6.13. The van der Waals surface area contributed by atoms with Crippen molar-refractivity contribution >= 4 is 11.3 Å². The molecule has 30 heavy (non-hydrogen) atoms. The molecule has 0 fully saturated rings. The maximum Gasteiger partial charge on any atom is 0.145 e. The van der Waals surface area contributed by atoms with Gasteiger partial charge in [-0.1, -0.05) is 48.6 Å². The Kier molecular flexibility index (Phi) is 3.99. The fraction of sp³-hybridized carbons (Fsp3) is 0.115. The zero-order valence-corrected chi connectivity index (χ0v) is 17.3. The minimum Gasteiger partial charge on any atom is -0.485 e. The molecule has 2 aromatic heterocycles. The van der Waals surface area contributed by atoms with Crippen molar-refractivity contribution in [3.05, 3.63) is 102 Å². The van der Waals surface area contributed by atoms with Gasteiger partial charge in [-0.15, -0.1) is 11.3 Å². The highest BCUT2D eigenvalue weighted by atomic mass is 32.1. The Morgan fingerprint density at radius 2 is 1.83 bits per heavy atom. The van der Waals surface area contributed by atoms with Gasteiger partial charge in [0.2, 0.25) is 0 Å². The van der Waals surface area contributed by atoms with Crippen LogP contribution in [0.4, 0.5) is 0 Å². The molecule has 0 saturated heterocycles. The van der Waals surface area contributed by atoms with E-state index in [-0.39, 0.29) is 12.0 Å². The number of aromatic nitrogens is 2. The van der Waals surface area contributed by atoms with Crippen LogP contribution in [-0.2, 0) is 0 Å². The molecular weight excluding hydrogens is 388 g/mol. The third kappa shape index (κ3) is 2.84. The van der Waals surface area contributed by atoms with Gasteiger partial charge in [-0.25, -0.2) is 4.98 Å². The van der Waals surface area contributed by atoms with Crippen molar-refractivity contribution in [3.8, 4) is 33.4 Å². The predicted octanol–water partition coefficient (Wildman–Crippen LogP) is 6.55. The van der Waals surface area contributed by atoms with Gasteiger partial charge >= 0.3 is 0 Å². The van der Waals surface area contributed by atoms with Crippen molar-refractivity contribution in [1.29, 1.82) is 0 Å². The zero-order valence-electron chi connectivity index (χ0n) is 16.5. The van der Waals surface area contributed by atoms with Gasteiger partial charge in [0, 0.05) is 33.8 Å². The molecule has 3 nitrogen and oxygen atoms in total. The van der Waals surface area contributed by atoms with Gasteiger partial charge in [-0.3, -0.25) is 4.57 Å². The van der Waals surface area contributed by atoms with E-state index in [0.717, 1.165) is 28.5 Å². The Hall–Kier alpha value is -3.37. The minimum atomic E-state index is 0.0984. The average molecular weight is 409 g/mol. The summed E-state index contributed by atoms with van der Waals surface area (Å²) >= 11 is 1.78. The molecule has 4 aromatic rings. The normalized spacial score (nSPS) is 18.8. The van der Waals surface area contributed by atoms with Crippen LogP contribution in [0.25, 0.3) is 27.6 Å². The molecular formula is C26H20N2OS. The first-order chi connectivity index (χ1) is 14.8. The molecule has 0 radical (unpaired) electrons. The molecule has 2 atom stereocenters. The summed E-state index contributed by atoms with van der Waals surface area (Å²) in [7, 11) is 0. The highest BCUT2D eigenvalue weighted by Gasteiger charge is 2.32. The molecule has 2 unspecified atom stereocenters. The zero-order chi connectivity index (χ0) is 20.1. The van der Waals surface area contributed by atoms with Crippen molar-refractivity contribution in [2.45, 2.75) is 18.9 Å². The third-order valence-electron chi connectivity index (χ3n) is 5.71. The summed E-state index contributed by atoms with van der Waals surface area (Å²) in [4.78, 5) is 7.51. The molecule has 3 heterocycles. The molecule has 0 N–H and O–H groups in total. The Labute approximate surface area is 179 Å². The van der Waals surface area contributed by atoms with Crippen LogP contribution in [0.1, 0.15) is 16.4 Å². The van der Waals surface area contributed by atoms with Crippen LogP contribution < -0.4 is 4.74 Å². The molecule has 2 aromatic carbocycles. The molecule has 0 spiro atoms. The standard InChI is InChI=1S/C26H20N2OS/c1-17-11-14-25(30-17)22-16-28(26(27-22)18-7-3-2-4-8-18)19-12-13-24-21(15-19)20-9-5-6-10-23(20)29-24/h2-16,20,23H,1H3. The van der Waals surface area contributed by atoms with Crippen LogP contribution in [-0.4, -0.2) is 15.7 Å². The lowest BCUT2D eigenvalue weighted by molar-refractivity contribution is 0.269. The first-order valence-electron chi connectivity index (χ1n) is 10.1. The lowest BCUT2D eigenvalue weighted by Gasteiger charge is -2.14. The summed E-state index contributed by atoms with van der Waals surface area (Å²) in [6.45, 7) is 2.13. The topological polar surface area (TPSA) is 27.1 Å². The number of fused-ring (bicyclic) bond motifs is 3. The molecule has 0 bridgehead atoms. The van der Waals surface area contributed by atoms with Crippen LogP contribution in [0.2, 0.25) is 0 Å². The van der Waals surface area contributed by atoms with Crippen LogP contribution in [0, 0.1) is 6.92 Å². The molecule has 0 saturated carbocycles. The summed E-state index contributed by atoms with van der Waals surface area (Å²) in [6, 6.07) is 21.2.